The third-order valence-corrected chi connectivity index (χ3v) is 6.50. The summed E-state index contributed by atoms with van der Waals surface area (Å²) in [5.74, 6) is -0.0691. The van der Waals surface area contributed by atoms with Gasteiger partial charge in [0.1, 0.15) is 0 Å². The lowest BCUT2D eigenvalue weighted by molar-refractivity contribution is -0.137. The van der Waals surface area contributed by atoms with Crippen LogP contribution in [-0.4, -0.2) is 40.9 Å². The molecule has 0 aliphatic carbocycles. The largest absolute Gasteiger partial charge is 0.416 e. The minimum atomic E-state index is -4.45. The third kappa shape index (κ3) is 8.64. The summed E-state index contributed by atoms with van der Waals surface area (Å²) in [6.45, 7) is 5.02. The van der Waals surface area contributed by atoms with Crippen LogP contribution in [0.4, 0.5) is 23.7 Å². The normalized spacial score (nSPS) is 12.0. The van der Waals surface area contributed by atoms with E-state index < -0.39 is 17.8 Å². The number of hydrogen-bond acceptors (Lipinski definition) is 2. The number of benzene rings is 3. The molecule has 3 aromatic rings. The van der Waals surface area contributed by atoms with E-state index >= 15 is 0 Å². The summed E-state index contributed by atoms with van der Waals surface area (Å²) in [6.07, 6.45) is -2.94. The average molecular weight is 526 g/mol. The van der Waals surface area contributed by atoms with E-state index in [1.54, 1.807) is 4.90 Å². The number of alkyl halides is 3. The summed E-state index contributed by atoms with van der Waals surface area (Å²) < 4.78 is 38.6. The standard InChI is InChI=1S/C30H34F3N3O2/c1-3-23(2)36(29(38)34-27-16-14-26(15-17-27)30(31,32)33)21-19-28(37)35(22-25-12-8-5-9-13-25)20-18-24-10-6-4-7-11-24/h4-17,23H,3,18-22H2,1-2H3,(H,34,38). The van der Waals surface area contributed by atoms with E-state index in [2.05, 4.69) is 5.32 Å². The first-order chi connectivity index (χ1) is 18.2. The van der Waals surface area contributed by atoms with Crippen molar-refractivity contribution in [3.8, 4) is 0 Å². The molecule has 0 aromatic heterocycles. The number of halogens is 3. The number of nitrogens with zero attached hydrogens (tertiary/aromatic N) is 2. The Balaban J connectivity index is 1.67. The molecular formula is C30H34F3N3O2. The lowest BCUT2D eigenvalue weighted by Gasteiger charge is -2.30. The van der Waals surface area contributed by atoms with Gasteiger partial charge in [-0.15, -0.1) is 0 Å². The third-order valence-electron chi connectivity index (χ3n) is 6.50. The fourth-order valence-electron chi connectivity index (χ4n) is 4.06. The van der Waals surface area contributed by atoms with E-state index in [0.717, 1.165) is 23.3 Å². The number of anilines is 1. The molecule has 3 rings (SSSR count). The predicted octanol–water partition coefficient (Wildman–Crippen LogP) is 7.00. The minimum absolute atomic E-state index is 0.0691. The van der Waals surface area contributed by atoms with Gasteiger partial charge in [-0.05, 0) is 55.2 Å². The Kier molecular flexibility index (Phi) is 10.3. The first-order valence-electron chi connectivity index (χ1n) is 12.8. The zero-order valence-electron chi connectivity index (χ0n) is 21.7. The van der Waals surface area contributed by atoms with Crippen molar-refractivity contribution in [2.45, 2.75) is 51.9 Å². The molecule has 3 amide bonds. The van der Waals surface area contributed by atoms with Crippen molar-refractivity contribution in [1.29, 1.82) is 0 Å². The van der Waals surface area contributed by atoms with E-state index in [-0.39, 0.29) is 30.6 Å². The molecule has 0 radical (unpaired) electrons. The molecule has 1 unspecified atom stereocenters. The Morgan fingerprint density at radius 1 is 0.842 bits per heavy atom. The predicted molar refractivity (Wildman–Crippen MR) is 144 cm³/mol. The number of hydrogen-bond donors (Lipinski definition) is 1. The molecule has 8 heteroatoms. The van der Waals surface area contributed by atoms with Crippen LogP contribution in [0.3, 0.4) is 0 Å². The van der Waals surface area contributed by atoms with Gasteiger partial charge in [-0.3, -0.25) is 4.79 Å². The number of carbonyl (C=O) groups excluding carboxylic acids is 2. The molecule has 0 saturated carbocycles. The van der Waals surface area contributed by atoms with Crippen LogP contribution in [0.5, 0.6) is 0 Å². The van der Waals surface area contributed by atoms with E-state index in [1.165, 1.54) is 12.1 Å². The maximum absolute atomic E-state index is 13.4. The van der Waals surface area contributed by atoms with Crippen molar-refractivity contribution in [3.05, 3.63) is 102 Å². The van der Waals surface area contributed by atoms with Gasteiger partial charge in [-0.1, -0.05) is 67.6 Å². The SMILES string of the molecule is CCC(C)N(CCC(=O)N(CCc1ccccc1)Cc1ccccc1)C(=O)Nc1ccc(C(F)(F)F)cc1. The first-order valence-corrected chi connectivity index (χ1v) is 12.8. The average Bonchev–Trinajstić information content (AvgIpc) is 2.91. The summed E-state index contributed by atoms with van der Waals surface area (Å²) in [5.41, 5.74) is 1.63. The zero-order valence-corrected chi connectivity index (χ0v) is 21.7. The lowest BCUT2D eigenvalue weighted by Crippen LogP contribution is -2.44. The number of amides is 3. The molecule has 0 aliphatic rings. The molecule has 0 aliphatic heterocycles. The summed E-state index contributed by atoms with van der Waals surface area (Å²) in [4.78, 5) is 29.8. The van der Waals surface area contributed by atoms with Crippen LogP contribution in [-0.2, 0) is 23.9 Å². The van der Waals surface area contributed by atoms with Crippen LogP contribution >= 0.6 is 0 Å². The first kappa shape index (κ1) is 28.8. The van der Waals surface area contributed by atoms with Gasteiger partial charge in [0, 0.05) is 37.8 Å². The van der Waals surface area contributed by atoms with Crippen LogP contribution < -0.4 is 5.32 Å². The second kappa shape index (κ2) is 13.7. The Labute approximate surface area is 222 Å². The number of rotatable bonds is 11. The smallest absolute Gasteiger partial charge is 0.338 e. The number of urea groups is 1. The fraction of sp³-hybridized carbons (Fsp3) is 0.333. The molecular weight excluding hydrogens is 491 g/mol. The molecule has 3 aromatic carbocycles. The molecule has 0 fully saturated rings. The second-order valence-corrected chi connectivity index (χ2v) is 9.24. The van der Waals surface area contributed by atoms with E-state index in [4.69, 9.17) is 0 Å². The summed E-state index contributed by atoms with van der Waals surface area (Å²) in [7, 11) is 0. The van der Waals surface area contributed by atoms with Crippen LogP contribution in [0.15, 0.2) is 84.9 Å². The Morgan fingerprint density at radius 2 is 1.42 bits per heavy atom. The summed E-state index contributed by atoms with van der Waals surface area (Å²) in [6, 6.07) is 23.4. The highest BCUT2D eigenvalue weighted by Crippen LogP contribution is 2.30. The summed E-state index contributed by atoms with van der Waals surface area (Å²) >= 11 is 0. The van der Waals surface area contributed by atoms with Gasteiger partial charge in [0.15, 0.2) is 0 Å². The highest BCUT2D eigenvalue weighted by Gasteiger charge is 2.30. The molecule has 202 valence electrons. The van der Waals surface area contributed by atoms with Crippen molar-refractivity contribution >= 4 is 17.6 Å². The minimum Gasteiger partial charge on any atom is -0.338 e. The molecule has 5 nitrogen and oxygen atoms in total. The van der Waals surface area contributed by atoms with Gasteiger partial charge in [-0.25, -0.2) is 4.79 Å². The van der Waals surface area contributed by atoms with E-state index in [1.807, 2.05) is 79.4 Å². The molecule has 38 heavy (non-hydrogen) atoms. The number of carbonyl (C=O) groups is 2. The van der Waals surface area contributed by atoms with Gasteiger partial charge < -0.3 is 15.1 Å². The van der Waals surface area contributed by atoms with E-state index in [9.17, 15) is 22.8 Å². The van der Waals surface area contributed by atoms with Crippen molar-refractivity contribution in [2.24, 2.45) is 0 Å². The zero-order chi connectivity index (χ0) is 27.5. The Hall–Kier alpha value is -3.81. The van der Waals surface area contributed by atoms with Gasteiger partial charge in [-0.2, -0.15) is 13.2 Å². The van der Waals surface area contributed by atoms with E-state index in [0.29, 0.717) is 25.9 Å². The maximum atomic E-state index is 13.4. The van der Waals surface area contributed by atoms with Crippen molar-refractivity contribution in [1.82, 2.24) is 9.80 Å². The maximum Gasteiger partial charge on any atom is 0.416 e. The highest BCUT2D eigenvalue weighted by molar-refractivity contribution is 5.90. The van der Waals surface area contributed by atoms with Crippen LogP contribution in [0.1, 0.15) is 43.4 Å². The Bertz CT molecular complexity index is 1150. The molecule has 0 saturated heterocycles. The van der Waals surface area contributed by atoms with Crippen molar-refractivity contribution < 1.29 is 22.8 Å². The van der Waals surface area contributed by atoms with Gasteiger partial charge >= 0.3 is 12.2 Å². The molecule has 1 atom stereocenters. The van der Waals surface area contributed by atoms with Gasteiger partial charge in [0.05, 0.1) is 5.56 Å². The lowest BCUT2D eigenvalue weighted by atomic mass is 10.1. The van der Waals surface area contributed by atoms with Crippen molar-refractivity contribution in [3.63, 3.8) is 0 Å². The fourth-order valence-corrected chi connectivity index (χ4v) is 4.06. The molecule has 1 N–H and O–H groups in total. The quantitative estimate of drug-likeness (QED) is 0.293. The van der Waals surface area contributed by atoms with Crippen LogP contribution in [0.2, 0.25) is 0 Å². The number of nitrogens with one attached hydrogen (secondary N) is 1. The topological polar surface area (TPSA) is 52.7 Å². The molecule has 0 heterocycles. The van der Waals surface area contributed by atoms with Crippen LogP contribution in [0, 0.1) is 0 Å². The molecule has 0 bridgehead atoms. The van der Waals surface area contributed by atoms with Crippen molar-refractivity contribution in [2.75, 3.05) is 18.4 Å². The Morgan fingerprint density at radius 3 is 1.97 bits per heavy atom. The monoisotopic (exact) mass is 525 g/mol. The highest BCUT2D eigenvalue weighted by atomic mass is 19.4. The second-order valence-electron chi connectivity index (χ2n) is 9.24. The summed E-state index contributed by atoms with van der Waals surface area (Å²) in [5, 5.41) is 2.67. The van der Waals surface area contributed by atoms with Gasteiger partial charge in [0.25, 0.3) is 0 Å². The molecule has 0 spiro atoms. The van der Waals surface area contributed by atoms with Gasteiger partial charge in [0.2, 0.25) is 5.91 Å². The van der Waals surface area contributed by atoms with Crippen LogP contribution in [0.25, 0.3) is 0 Å².